The lowest BCUT2D eigenvalue weighted by molar-refractivity contribution is -0.116. The Morgan fingerprint density at radius 1 is 1.38 bits per heavy atom. The van der Waals surface area contributed by atoms with Crippen molar-refractivity contribution in [3.63, 3.8) is 0 Å². The molecule has 1 fully saturated rings. The van der Waals surface area contributed by atoms with Gasteiger partial charge in [0.2, 0.25) is 5.79 Å². The molecule has 0 radical (unpaired) electrons. The minimum Gasteiger partial charge on any atom is -0.338 e. The lowest BCUT2D eigenvalue weighted by Crippen LogP contribution is -2.21. The Hall–Kier alpha value is -1.71. The second kappa shape index (κ2) is 7.34. The second-order valence-corrected chi connectivity index (χ2v) is 5.41. The average Bonchev–Trinajstić information content (AvgIpc) is 3.28. The van der Waals surface area contributed by atoms with Crippen LogP contribution in [0, 0.1) is 12.8 Å². The van der Waals surface area contributed by atoms with E-state index in [9.17, 15) is 4.79 Å². The number of aldehydes is 1. The molecule has 1 aliphatic heterocycles. The van der Waals surface area contributed by atoms with Crippen molar-refractivity contribution in [1.29, 1.82) is 0 Å². The van der Waals surface area contributed by atoms with Crippen molar-refractivity contribution in [2.45, 2.75) is 26.1 Å². The summed E-state index contributed by atoms with van der Waals surface area (Å²) in [7, 11) is 0. The maximum atomic E-state index is 10.2. The quantitative estimate of drug-likeness (QED) is 0.628. The third-order valence-corrected chi connectivity index (χ3v) is 3.44. The van der Waals surface area contributed by atoms with E-state index in [4.69, 9.17) is 9.47 Å². The summed E-state index contributed by atoms with van der Waals surface area (Å²) < 4.78 is 10.7. The predicted octanol–water partition coefficient (Wildman–Crippen LogP) is 3.45. The molecular formula is C18H22O3. The molecule has 0 bridgehead atoms. The molecule has 3 rings (SSSR count). The van der Waals surface area contributed by atoms with E-state index in [1.165, 1.54) is 5.56 Å². The van der Waals surface area contributed by atoms with Crippen LogP contribution in [0.25, 0.3) is 0 Å². The second-order valence-electron chi connectivity index (χ2n) is 5.41. The Labute approximate surface area is 126 Å². The fourth-order valence-electron chi connectivity index (χ4n) is 2.20. The summed E-state index contributed by atoms with van der Waals surface area (Å²) in [5.74, 6) is -0.0811. The lowest BCUT2D eigenvalue weighted by atomic mass is 9.95. The number of hydrogen-bond acceptors (Lipinski definition) is 3. The molecule has 3 heteroatoms. The fourth-order valence-corrected chi connectivity index (χ4v) is 2.20. The minimum atomic E-state index is -0.605. The van der Waals surface area contributed by atoms with Crippen molar-refractivity contribution in [1.82, 2.24) is 0 Å². The van der Waals surface area contributed by atoms with Crippen molar-refractivity contribution >= 4 is 6.29 Å². The zero-order chi connectivity index (χ0) is 15.1. The molecule has 1 heterocycles. The zero-order valence-electron chi connectivity index (χ0n) is 12.6. The fraction of sp³-hybridized carbons (Fsp3) is 0.389. The topological polar surface area (TPSA) is 38.8 Å². The highest BCUT2D eigenvalue weighted by atomic mass is 16.8. The Morgan fingerprint density at radius 2 is 2.10 bits per heavy atom. The summed E-state index contributed by atoms with van der Waals surface area (Å²) in [5, 5.41) is 0. The molecule has 1 aliphatic carbocycles. The van der Waals surface area contributed by atoms with Gasteiger partial charge in [-0.1, -0.05) is 61.0 Å². The van der Waals surface area contributed by atoms with Crippen LogP contribution in [0.3, 0.4) is 0 Å². The van der Waals surface area contributed by atoms with Crippen LogP contribution in [0.15, 0.2) is 54.1 Å². The number of carbonyl (C=O) groups is 1. The Morgan fingerprint density at radius 3 is 2.57 bits per heavy atom. The number of rotatable bonds is 4. The van der Waals surface area contributed by atoms with Crippen molar-refractivity contribution in [2.75, 3.05) is 13.2 Å². The smallest absolute Gasteiger partial charge is 0.219 e. The number of aryl methyl sites for hydroxylation is 1. The van der Waals surface area contributed by atoms with Gasteiger partial charge in [-0.3, -0.25) is 0 Å². The van der Waals surface area contributed by atoms with Crippen LogP contribution in [0.2, 0.25) is 0 Å². The van der Waals surface area contributed by atoms with Crippen LogP contribution < -0.4 is 0 Å². The molecule has 0 saturated carbocycles. The SMILES string of the molecule is CC1C=C(C2(OCC=O)CO2)C=CC1.Cc1ccccc1. The molecule has 0 N–H and O–H groups in total. The van der Waals surface area contributed by atoms with Crippen LogP contribution >= 0.6 is 0 Å². The van der Waals surface area contributed by atoms with Crippen LogP contribution in [-0.2, 0) is 14.3 Å². The molecule has 0 spiro atoms. The highest BCUT2D eigenvalue weighted by Gasteiger charge is 2.49. The number of benzene rings is 1. The Bertz CT molecular complexity index is 513. The van der Waals surface area contributed by atoms with E-state index in [-0.39, 0.29) is 6.61 Å². The van der Waals surface area contributed by atoms with Crippen LogP contribution in [-0.4, -0.2) is 25.3 Å². The summed E-state index contributed by atoms with van der Waals surface area (Å²) in [5.41, 5.74) is 2.38. The summed E-state index contributed by atoms with van der Waals surface area (Å²) in [6, 6.07) is 10.3. The number of carbonyl (C=O) groups excluding carboxylic acids is 1. The molecule has 2 unspecified atom stereocenters. The molecule has 112 valence electrons. The first-order chi connectivity index (χ1) is 10.2. The monoisotopic (exact) mass is 286 g/mol. The van der Waals surface area contributed by atoms with Gasteiger partial charge in [0, 0.05) is 5.57 Å². The average molecular weight is 286 g/mol. The third-order valence-electron chi connectivity index (χ3n) is 3.44. The van der Waals surface area contributed by atoms with Crippen molar-refractivity contribution in [2.24, 2.45) is 5.92 Å². The molecule has 1 aromatic rings. The van der Waals surface area contributed by atoms with Gasteiger partial charge in [0.15, 0.2) is 0 Å². The summed E-state index contributed by atoms with van der Waals surface area (Å²) >= 11 is 0. The van der Waals surface area contributed by atoms with E-state index in [2.05, 4.69) is 38.1 Å². The maximum Gasteiger partial charge on any atom is 0.219 e. The molecule has 3 nitrogen and oxygen atoms in total. The van der Waals surface area contributed by atoms with E-state index < -0.39 is 5.79 Å². The molecule has 2 atom stereocenters. The number of hydrogen-bond donors (Lipinski definition) is 0. The molecule has 0 aromatic heterocycles. The molecular weight excluding hydrogens is 264 g/mol. The number of allylic oxidation sites excluding steroid dienone is 2. The van der Waals surface area contributed by atoms with Gasteiger partial charge in [-0.05, 0) is 19.3 Å². The first-order valence-electron chi connectivity index (χ1n) is 7.28. The first-order valence-corrected chi connectivity index (χ1v) is 7.28. The van der Waals surface area contributed by atoms with Crippen LogP contribution in [0.1, 0.15) is 18.9 Å². The van der Waals surface area contributed by atoms with Gasteiger partial charge in [0.1, 0.15) is 19.5 Å². The lowest BCUT2D eigenvalue weighted by Gasteiger charge is -2.17. The Balaban J connectivity index is 0.000000194. The van der Waals surface area contributed by atoms with Gasteiger partial charge in [-0.15, -0.1) is 0 Å². The van der Waals surface area contributed by atoms with Crippen molar-refractivity contribution in [3.05, 3.63) is 59.7 Å². The van der Waals surface area contributed by atoms with E-state index in [1.807, 2.05) is 24.3 Å². The number of ether oxygens (including phenoxy) is 2. The predicted molar refractivity (Wildman–Crippen MR) is 82.9 cm³/mol. The summed E-state index contributed by atoms with van der Waals surface area (Å²) in [6.07, 6.45) is 8.11. The van der Waals surface area contributed by atoms with E-state index in [0.29, 0.717) is 12.5 Å². The third kappa shape index (κ3) is 4.66. The minimum absolute atomic E-state index is 0.0968. The van der Waals surface area contributed by atoms with Gasteiger partial charge in [-0.2, -0.15) is 0 Å². The zero-order valence-corrected chi connectivity index (χ0v) is 12.6. The molecule has 1 aromatic carbocycles. The van der Waals surface area contributed by atoms with E-state index in [0.717, 1.165) is 18.3 Å². The molecule has 1 saturated heterocycles. The largest absolute Gasteiger partial charge is 0.338 e. The van der Waals surface area contributed by atoms with E-state index in [1.54, 1.807) is 0 Å². The maximum absolute atomic E-state index is 10.2. The highest BCUT2D eigenvalue weighted by molar-refractivity contribution is 5.51. The van der Waals surface area contributed by atoms with Crippen LogP contribution in [0.4, 0.5) is 0 Å². The van der Waals surface area contributed by atoms with Gasteiger partial charge in [0.25, 0.3) is 0 Å². The first kappa shape index (κ1) is 15.7. The van der Waals surface area contributed by atoms with Gasteiger partial charge in [0.05, 0.1) is 0 Å². The molecule has 0 amide bonds. The van der Waals surface area contributed by atoms with Crippen molar-refractivity contribution in [3.8, 4) is 0 Å². The van der Waals surface area contributed by atoms with Gasteiger partial charge >= 0.3 is 0 Å². The van der Waals surface area contributed by atoms with Gasteiger partial charge in [-0.25, -0.2) is 0 Å². The molecule has 2 aliphatic rings. The number of epoxide rings is 1. The van der Waals surface area contributed by atoms with E-state index >= 15 is 0 Å². The Kier molecular flexibility index (Phi) is 5.48. The normalized spacial score (nSPS) is 26.4. The standard InChI is InChI=1S/C11H14O3.C7H8/c1-9-3-2-4-10(7-9)11(8-14-11)13-6-5-12;1-7-5-3-2-4-6-7/h2,4-5,7,9H,3,6,8H2,1H3;2-6H,1H3. The molecule has 21 heavy (non-hydrogen) atoms. The summed E-state index contributed by atoms with van der Waals surface area (Å²) in [4.78, 5) is 10.2. The van der Waals surface area contributed by atoms with Crippen LogP contribution in [0.5, 0.6) is 0 Å². The van der Waals surface area contributed by atoms with Gasteiger partial charge < -0.3 is 14.3 Å². The highest BCUT2D eigenvalue weighted by Crippen LogP contribution is 2.39. The summed E-state index contributed by atoms with van der Waals surface area (Å²) in [6.45, 7) is 4.89. The van der Waals surface area contributed by atoms with Crippen molar-refractivity contribution < 1.29 is 14.3 Å².